The third-order valence-electron chi connectivity index (χ3n) is 10.5. The van der Waals surface area contributed by atoms with Gasteiger partial charge in [-0.3, -0.25) is 19.1 Å². The largest absolute Gasteiger partial charge is 0.497 e. The number of carbonyl (C=O) groups excluding carboxylic acids is 4. The van der Waals surface area contributed by atoms with E-state index in [1.165, 1.54) is 29.1 Å². The van der Waals surface area contributed by atoms with Crippen LogP contribution in [0.4, 0.5) is 4.79 Å². The Morgan fingerprint density at radius 1 is 1.11 bits per heavy atom. The highest BCUT2D eigenvalue weighted by Gasteiger charge is 2.62. The molecule has 2 aliphatic carbocycles. The van der Waals surface area contributed by atoms with Gasteiger partial charge in [-0.2, -0.15) is 11.8 Å². The molecule has 4 amide bonds. The van der Waals surface area contributed by atoms with Crippen molar-refractivity contribution in [2.24, 2.45) is 5.92 Å². The summed E-state index contributed by atoms with van der Waals surface area (Å²) in [4.78, 5) is 66.2. The van der Waals surface area contributed by atoms with Crippen LogP contribution in [0, 0.1) is 5.92 Å². The first-order valence-corrected chi connectivity index (χ1v) is 21.7. The van der Waals surface area contributed by atoms with E-state index in [1.54, 1.807) is 46.1 Å². The topological polar surface area (TPSA) is 208 Å². The van der Waals surface area contributed by atoms with Gasteiger partial charge in [-0.15, -0.1) is 0 Å². The number of nitrogens with one attached hydrogen (secondary N) is 3. The summed E-state index contributed by atoms with van der Waals surface area (Å²) in [6.45, 7) is 5.11. The minimum atomic E-state index is -3.89. The van der Waals surface area contributed by atoms with Crippen molar-refractivity contribution in [1.82, 2.24) is 30.2 Å². The van der Waals surface area contributed by atoms with Crippen LogP contribution in [0.5, 0.6) is 11.6 Å². The van der Waals surface area contributed by atoms with Crippen LogP contribution < -0.4 is 24.8 Å². The number of carbonyl (C=O) groups is 4. The van der Waals surface area contributed by atoms with E-state index < -0.39 is 68.4 Å². The van der Waals surface area contributed by atoms with E-state index in [0.717, 1.165) is 24.6 Å². The summed E-state index contributed by atoms with van der Waals surface area (Å²) in [7, 11) is -2.33. The van der Waals surface area contributed by atoms with E-state index >= 15 is 0 Å². The Labute approximate surface area is 329 Å². The first kappa shape index (κ1) is 39.6. The highest BCUT2D eigenvalue weighted by Crippen LogP contribution is 2.48. The van der Waals surface area contributed by atoms with Crippen molar-refractivity contribution in [2.75, 3.05) is 25.2 Å². The molecule has 0 radical (unpaired) electrons. The van der Waals surface area contributed by atoms with Gasteiger partial charge in [0, 0.05) is 17.6 Å². The van der Waals surface area contributed by atoms with Gasteiger partial charge in [-0.25, -0.2) is 23.2 Å². The van der Waals surface area contributed by atoms with Crippen molar-refractivity contribution in [3.8, 4) is 23.2 Å². The maximum atomic E-state index is 14.6. The van der Waals surface area contributed by atoms with Gasteiger partial charge in [-0.05, 0) is 94.2 Å². The zero-order chi connectivity index (χ0) is 39.8. The maximum Gasteiger partial charge on any atom is 0.408 e. The predicted molar refractivity (Wildman–Crippen MR) is 206 cm³/mol. The van der Waals surface area contributed by atoms with Crippen LogP contribution in [-0.2, 0) is 29.1 Å². The van der Waals surface area contributed by atoms with Gasteiger partial charge >= 0.3 is 6.09 Å². The molecule has 2 aromatic heterocycles. The van der Waals surface area contributed by atoms with Crippen LogP contribution in [0.15, 0.2) is 41.1 Å². The van der Waals surface area contributed by atoms with Gasteiger partial charge in [0.05, 0.1) is 25.1 Å². The fraction of sp³-hybridized carbons (Fsp3) is 0.579. The lowest BCUT2D eigenvalue weighted by Gasteiger charge is -2.30. The normalized spacial score (nSPS) is 26.2. The number of benzene rings is 1. The van der Waals surface area contributed by atoms with E-state index in [9.17, 15) is 27.6 Å². The molecule has 5 atom stereocenters. The maximum absolute atomic E-state index is 14.6. The average molecular weight is 813 g/mol. The van der Waals surface area contributed by atoms with Crippen LogP contribution in [0.25, 0.3) is 22.4 Å². The Bertz CT molecular complexity index is 2090. The number of fused-ring (bicyclic) bond motifs is 3. The fourth-order valence-corrected chi connectivity index (χ4v) is 9.76. The second-order valence-electron chi connectivity index (χ2n) is 15.9. The van der Waals surface area contributed by atoms with Crippen molar-refractivity contribution in [1.29, 1.82) is 0 Å². The Balaban J connectivity index is 1.22. The number of hydrogen-bond donors (Lipinski definition) is 3. The Hall–Kier alpha value is -4.58. The minimum Gasteiger partial charge on any atom is -0.497 e. The molecule has 302 valence electrons. The predicted octanol–water partition coefficient (Wildman–Crippen LogP) is 3.93. The molecule has 2 saturated carbocycles. The second-order valence-corrected chi connectivity index (χ2v) is 19.0. The number of pyridine rings is 1. The van der Waals surface area contributed by atoms with Gasteiger partial charge in [0.15, 0.2) is 0 Å². The van der Waals surface area contributed by atoms with Gasteiger partial charge in [-0.1, -0.05) is 12.8 Å². The molecule has 3 aromatic rings. The highest BCUT2D eigenvalue weighted by atomic mass is 32.2. The lowest BCUT2D eigenvalue weighted by molar-refractivity contribution is -0.140. The van der Waals surface area contributed by atoms with Crippen LogP contribution in [-0.4, -0.2) is 107 Å². The van der Waals surface area contributed by atoms with Crippen molar-refractivity contribution in [3.05, 3.63) is 36.7 Å². The number of oxazole rings is 1. The smallest absolute Gasteiger partial charge is 0.408 e. The molecular weight excluding hydrogens is 765 g/mol. The van der Waals surface area contributed by atoms with E-state index in [1.807, 2.05) is 6.07 Å². The number of thioether (sulfide) groups is 1. The summed E-state index contributed by atoms with van der Waals surface area (Å²) < 4.78 is 51.1. The minimum absolute atomic E-state index is 0.00910. The summed E-state index contributed by atoms with van der Waals surface area (Å²) in [5, 5.41) is 6.38. The molecule has 18 heteroatoms. The van der Waals surface area contributed by atoms with E-state index in [2.05, 4.69) is 20.3 Å². The molecule has 7 rings (SSSR count). The van der Waals surface area contributed by atoms with Crippen LogP contribution >= 0.6 is 11.8 Å². The first-order chi connectivity index (χ1) is 26.7. The molecule has 1 aromatic carbocycles. The second kappa shape index (κ2) is 15.8. The Morgan fingerprint density at radius 2 is 1.91 bits per heavy atom. The number of nitrogens with zero attached hydrogens (tertiary/aromatic N) is 3. The van der Waals surface area contributed by atoms with E-state index in [0.29, 0.717) is 41.8 Å². The van der Waals surface area contributed by atoms with Gasteiger partial charge < -0.3 is 34.2 Å². The van der Waals surface area contributed by atoms with Gasteiger partial charge in [0.1, 0.15) is 47.0 Å². The molecule has 4 fully saturated rings. The number of amides is 4. The van der Waals surface area contributed by atoms with Crippen molar-refractivity contribution in [2.45, 2.75) is 107 Å². The average Bonchev–Trinajstić information content (AvgIpc) is 4.00. The van der Waals surface area contributed by atoms with Crippen molar-refractivity contribution < 1.29 is 46.2 Å². The first-order valence-electron chi connectivity index (χ1n) is 19.0. The molecule has 4 heterocycles. The molecule has 3 N–H and O–H groups in total. The molecule has 2 aliphatic heterocycles. The SMILES string of the molecule is COc1ccc2c(O[C@@H]3C[C@H]4C(=O)N[C@]5(C(=O)NS(=O)(=O)C6CC6)C[C@H]5CCCCCSC[C@H](NC(=O)OC(C)(C)C)C(=O)N4C3)nc(-c3ncco3)cc2c1. The summed E-state index contributed by atoms with van der Waals surface area (Å²) in [6, 6.07) is 4.97. The molecule has 0 unspecified atom stereocenters. The van der Waals surface area contributed by atoms with E-state index in [-0.39, 0.29) is 42.8 Å². The van der Waals surface area contributed by atoms with Gasteiger partial charge in [0.25, 0.3) is 5.91 Å². The molecule has 2 saturated heterocycles. The van der Waals surface area contributed by atoms with Crippen LogP contribution in [0.3, 0.4) is 0 Å². The quantitative estimate of drug-likeness (QED) is 0.295. The molecule has 56 heavy (non-hydrogen) atoms. The Morgan fingerprint density at radius 3 is 2.62 bits per heavy atom. The molecule has 0 spiro atoms. The zero-order valence-electron chi connectivity index (χ0n) is 31.9. The fourth-order valence-electron chi connectivity index (χ4n) is 7.36. The number of alkyl carbamates (subject to hydrolysis) is 1. The van der Waals surface area contributed by atoms with Crippen molar-refractivity contribution in [3.63, 3.8) is 0 Å². The number of sulfonamides is 1. The molecule has 4 aliphatic rings. The lowest BCUT2D eigenvalue weighted by Crippen LogP contribution is -2.58. The third-order valence-corrected chi connectivity index (χ3v) is 13.4. The summed E-state index contributed by atoms with van der Waals surface area (Å²) >= 11 is 1.51. The van der Waals surface area contributed by atoms with E-state index in [4.69, 9.17) is 23.6 Å². The standard InChI is InChI=1S/C38H48N6O10S2/c1-37(2,3)54-36(48)41-29-21-55-15-7-5-6-8-23-19-38(23,35(47)43-56(49,50)26-10-11-26)42-31(45)30-18-25(20-44(30)34(29)46)53-32-27-12-9-24(51-4)16-22(27)17-28(40-32)33-39-13-14-52-33/h9,12-14,16-17,23,25-26,29-30H,5-8,10-11,15,18-21H2,1-4H3,(H,41,48)(H,42,45)(H,43,47)/t23-,25-,29+,30+,38-/m1/s1. The molecular formula is C38H48N6O10S2. The van der Waals surface area contributed by atoms with Gasteiger partial charge in [0.2, 0.25) is 33.6 Å². The number of methoxy groups -OCH3 is 1. The summed E-state index contributed by atoms with van der Waals surface area (Å²) in [6.07, 6.45) is 5.68. The number of aromatic nitrogens is 2. The third kappa shape index (κ3) is 8.85. The van der Waals surface area contributed by atoms with Crippen LogP contribution in [0.2, 0.25) is 0 Å². The monoisotopic (exact) mass is 812 g/mol. The number of hydrogen-bond acceptors (Lipinski definition) is 13. The highest BCUT2D eigenvalue weighted by molar-refractivity contribution is 7.99. The van der Waals surface area contributed by atoms with Crippen LogP contribution in [0.1, 0.15) is 72.1 Å². The summed E-state index contributed by atoms with van der Waals surface area (Å²) in [5.41, 5.74) is -1.88. The Kier molecular flexibility index (Phi) is 11.2. The molecule has 16 nitrogen and oxygen atoms in total. The lowest BCUT2D eigenvalue weighted by atomic mass is 10.1. The number of ether oxygens (including phenoxy) is 3. The van der Waals surface area contributed by atoms with Crippen molar-refractivity contribution >= 4 is 56.4 Å². The zero-order valence-corrected chi connectivity index (χ0v) is 33.5. The number of rotatable bonds is 8. The summed E-state index contributed by atoms with van der Waals surface area (Å²) in [5.74, 6) is -0.169. The molecule has 0 bridgehead atoms.